The van der Waals surface area contributed by atoms with Gasteiger partial charge < -0.3 is 4.98 Å². The summed E-state index contributed by atoms with van der Waals surface area (Å²) in [4.78, 5) is 15.4. The van der Waals surface area contributed by atoms with Crippen LogP contribution < -0.4 is 0 Å². The highest BCUT2D eigenvalue weighted by Gasteiger charge is 2.05. The van der Waals surface area contributed by atoms with Gasteiger partial charge in [-0.1, -0.05) is 25.6 Å². The fraction of sp³-hybridized carbons (Fsp3) is 0.375. The van der Waals surface area contributed by atoms with Gasteiger partial charge in [-0.2, -0.15) is 0 Å². The van der Waals surface area contributed by atoms with Crippen LogP contribution in [-0.4, -0.2) is 25.2 Å². The molecule has 4 nitrogen and oxygen atoms in total. The Kier molecular flexibility index (Phi) is 2.18. The molecule has 0 bridgehead atoms. The highest BCUT2D eigenvalue weighted by molar-refractivity contribution is 7.99. The van der Waals surface area contributed by atoms with Gasteiger partial charge in [0.05, 0.1) is 6.20 Å². The van der Waals surface area contributed by atoms with Crippen molar-refractivity contribution in [1.82, 2.24) is 19.9 Å². The van der Waals surface area contributed by atoms with Gasteiger partial charge in [-0.3, -0.25) is 0 Å². The van der Waals surface area contributed by atoms with Crippen molar-refractivity contribution in [3.05, 3.63) is 12.5 Å². The van der Waals surface area contributed by atoms with E-state index in [1.165, 1.54) is 6.33 Å². The van der Waals surface area contributed by atoms with Gasteiger partial charge in [0.15, 0.2) is 10.8 Å². The van der Waals surface area contributed by atoms with E-state index in [1.807, 2.05) is 0 Å². The molecule has 0 aliphatic carbocycles. The fourth-order valence-electron chi connectivity index (χ4n) is 1.02. The number of hydrogen-bond acceptors (Lipinski definition) is 4. The third-order valence-electron chi connectivity index (χ3n) is 1.49. The van der Waals surface area contributed by atoms with Crippen LogP contribution in [0.4, 0.5) is 0 Å². The van der Waals surface area contributed by atoms with Crippen LogP contribution in [0.5, 0.6) is 0 Å². The predicted molar refractivity (Wildman–Crippen MR) is 52.7 cm³/mol. The van der Waals surface area contributed by atoms with Crippen molar-refractivity contribution in [3.8, 4) is 0 Å². The molecule has 0 amide bonds. The number of H-pyrrole nitrogens is 1. The molecule has 0 fully saturated rings. The van der Waals surface area contributed by atoms with Gasteiger partial charge in [-0.05, 0) is 0 Å². The molecule has 0 saturated heterocycles. The molecule has 2 rings (SSSR count). The molecular weight excluding hydrogens is 184 g/mol. The van der Waals surface area contributed by atoms with E-state index in [0.29, 0.717) is 5.25 Å². The maximum Gasteiger partial charge on any atom is 0.181 e. The zero-order valence-corrected chi connectivity index (χ0v) is 8.30. The minimum absolute atomic E-state index is 0.522. The molecule has 0 aliphatic heterocycles. The van der Waals surface area contributed by atoms with E-state index >= 15 is 0 Å². The summed E-state index contributed by atoms with van der Waals surface area (Å²) < 4.78 is 0. The molecule has 0 aromatic carbocycles. The molecule has 0 atom stereocenters. The highest BCUT2D eigenvalue weighted by atomic mass is 32.2. The zero-order valence-electron chi connectivity index (χ0n) is 7.48. The van der Waals surface area contributed by atoms with Crippen molar-refractivity contribution >= 4 is 22.9 Å². The van der Waals surface area contributed by atoms with Gasteiger partial charge in [-0.25, -0.2) is 15.0 Å². The molecule has 2 heterocycles. The summed E-state index contributed by atoms with van der Waals surface area (Å²) in [7, 11) is 0. The van der Waals surface area contributed by atoms with Crippen LogP contribution in [0.25, 0.3) is 11.2 Å². The smallest absolute Gasteiger partial charge is 0.181 e. The van der Waals surface area contributed by atoms with Gasteiger partial charge in [0.25, 0.3) is 0 Å². The average Bonchev–Trinajstić information content (AvgIpc) is 2.44. The first kappa shape index (κ1) is 8.50. The molecule has 2 aromatic heterocycles. The first-order valence-corrected chi connectivity index (χ1v) is 4.96. The lowest BCUT2D eigenvalue weighted by atomic mass is 10.6. The minimum atomic E-state index is 0.522. The number of aromatic amines is 1. The number of imidazole rings is 1. The van der Waals surface area contributed by atoms with Crippen LogP contribution in [0.3, 0.4) is 0 Å². The molecule has 2 aromatic rings. The Morgan fingerprint density at radius 2 is 2.31 bits per heavy atom. The minimum Gasteiger partial charge on any atom is -0.330 e. The normalized spacial score (nSPS) is 11.3. The van der Waals surface area contributed by atoms with Crippen molar-refractivity contribution in [2.45, 2.75) is 24.3 Å². The van der Waals surface area contributed by atoms with Gasteiger partial charge >= 0.3 is 0 Å². The summed E-state index contributed by atoms with van der Waals surface area (Å²) in [6.45, 7) is 4.26. The number of rotatable bonds is 2. The van der Waals surface area contributed by atoms with Crippen molar-refractivity contribution in [2.24, 2.45) is 0 Å². The van der Waals surface area contributed by atoms with Gasteiger partial charge in [-0.15, -0.1) is 0 Å². The van der Waals surface area contributed by atoms with Crippen LogP contribution in [0.15, 0.2) is 17.7 Å². The second kappa shape index (κ2) is 3.33. The highest BCUT2D eigenvalue weighted by Crippen LogP contribution is 2.21. The predicted octanol–water partition coefficient (Wildman–Crippen LogP) is 1.85. The molecule has 0 saturated carbocycles. The molecule has 5 heteroatoms. The Labute approximate surface area is 80.2 Å². The van der Waals surface area contributed by atoms with E-state index in [9.17, 15) is 0 Å². The van der Waals surface area contributed by atoms with E-state index in [1.54, 1.807) is 18.0 Å². The number of nitrogens with zero attached hydrogens (tertiary/aromatic N) is 3. The molecule has 68 valence electrons. The second-order valence-corrected chi connectivity index (χ2v) is 4.53. The number of fused-ring (bicyclic) bond motifs is 1. The average molecular weight is 194 g/mol. The van der Waals surface area contributed by atoms with Gasteiger partial charge in [0.1, 0.15) is 11.8 Å². The molecular formula is C8H10N4S. The monoisotopic (exact) mass is 194 g/mol. The Morgan fingerprint density at radius 1 is 1.46 bits per heavy atom. The molecule has 0 radical (unpaired) electrons. The number of thioether (sulfide) groups is 1. The first-order chi connectivity index (χ1) is 6.25. The summed E-state index contributed by atoms with van der Waals surface area (Å²) in [6.07, 6.45) is 3.24. The van der Waals surface area contributed by atoms with E-state index < -0.39 is 0 Å². The van der Waals surface area contributed by atoms with Crippen LogP contribution in [0.1, 0.15) is 13.8 Å². The maximum atomic E-state index is 4.31. The van der Waals surface area contributed by atoms with E-state index in [-0.39, 0.29) is 0 Å². The molecule has 13 heavy (non-hydrogen) atoms. The van der Waals surface area contributed by atoms with E-state index in [2.05, 4.69) is 33.8 Å². The van der Waals surface area contributed by atoms with Crippen molar-refractivity contribution in [1.29, 1.82) is 0 Å². The molecule has 0 aliphatic rings. The van der Waals surface area contributed by atoms with Gasteiger partial charge in [0, 0.05) is 5.25 Å². The third kappa shape index (κ3) is 1.80. The van der Waals surface area contributed by atoms with Crippen LogP contribution in [0.2, 0.25) is 0 Å². The summed E-state index contributed by atoms with van der Waals surface area (Å²) in [5.74, 6) is 0. The first-order valence-electron chi connectivity index (χ1n) is 4.08. The Bertz CT molecular complexity index is 376. The Balaban J connectivity index is 2.38. The van der Waals surface area contributed by atoms with E-state index in [4.69, 9.17) is 0 Å². The van der Waals surface area contributed by atoms with Gasteiger partial charge in [0.2, 0.25) is 0 Å². The summed E-state index contributed by atoms with van der Waals surface area (Å²) in [6, 6.07) is 0. The second-order valence-electron chi connectivity index (χ2n) is 2.97. The topological polar surface area (TPSA) is 54.5 Å². The lowest BCUT2D eigenvalue weighted by Crippen LogP contribution is -1.86. The maximum absolute atomic E-state index is 4.31. The molecule has 0 unspecified atom stereocenters. The quantitative estimate of drug-likeness (QED) is 0.741. The Morgan fingerprint density at radius 3 is 3.00 bits per heavy atom. The van der Waals surface area contributed by atoms with Crippen molar-refractivity contribution in [2.75, 3.05) is 0 Å². The van der Waals surface area contributed by atoms with E-state index in [0.717, 1.165) is 16.3 Å². The Hall–Kier alpha value is -1.10. The number of nitrogens with one attached hydrogen (secondary N) is 1. The third-order valence-corrected chi connectivity index (χ3v) is 2.38. The molecule has 0 spiro atoms. The summed E-state index contributed by atoms with van der Waals surface area (Å²) in [5, 5.41) is 1.43. The summed E-state index contributed by atoms with van der Waals surface area (Å²) in [5.41, 5.74) is 1.63. The largest absolute Gasteiger partial charge is 0.330 e. The van der Waals surface area contributed by atoms with Crippen molar-refractivity contribution < 1.29 is 0 Å². The lowest BCUT2D eigenvalue weighted by molar-refractivity contribution is 1.04. The number of hydrogen-bond donors (Lipinski definition) is 1. The zero-order chi connectivity index (χ0) is 9.26. The fourth-order valence-corrected chi connectivity index (χ4v) is 1.77. The SMILES string of the molecule is CC(C)Sc1nc2ncncc2[nH]1. The van der Waals surface area contributed by atoms with Crippen LogP contribution >= 0.6 is 11.8 Å². The van der Waals surface area contributed by atoms with Crippen LogP contribution in [-0.2, 0) is 0 Å². The van der Waals surface area contributed by atoms with Crippen molar-refractivity contribution in [3.63, 3.8) is 0 Å². The standard InChI is InChI=1S/C8H10N4S/c1-5(2)13-8-11-6-3-9-4-10-7(6)12-8/h3-5H,1-2H3,(H,9,10,11,12). The lowest BCUT2D eigenvalue weighted by Gasteiger charge is -1.97. The van der Waals surface area contributed by atoms with Crippen LogP contribution in [0, 0.1) is 0 Å². The summed E-state index contributed by atoms with van der Waals surface area (Å²) >= 11 is 1.69. The number of aromatic nitrogens is 4. The molecule has 1 N–H and O–H groups in total.